The number of hydrogen-bond acceptors (Lipinski definition) is 2. The van der Waals surface area contributed by atoms with Crippen LogP contribution in [0.5, 0.6) is 0 Å². The number of unbranched alkanes of at least 4 members (excludes halogenated alkanes) is 1. The van der Waals surface area contributed by atoms with Crippen LogP contribution in [-0.4, -0.2) is 12.3 Å². The zero-order valence-electron chi connectivity index (χ0n) is 9.23. The maximum atomic E-state index is 11.3. The van der Waals surface area contributed by atoms with Crippen LogP contribution in [0.4, 0.5) is 0 Å². The van der Waals surface area contributed by atoms with Crippen LogP contribution in [0.15, 0.2) is 0 Å². The van der Waals surface area contributed by atoms with Gasteiger partial charge in [-0.1, -0.05) is 20.8 Å². The molecule has 2 heteroatoms. The first kappa shape index (κ1) is 12.6. The van der Waals surface area contributed by atoms with Crippen molar-refractivity contribution in [3.63, 3.8) is 0 Å². The maximum Gasteiger partial charge on any atom is 0.132 e. The Kier molecular flexibility index (Phi) is 5.97. The van der Waals surface area contributed by atoms with Crippen LogP contribution in [0.25, 0.3) is 0 Å². The lowest BCUT2D eigenvalue weighted by Crippen LogP contribution is -2.09. The molecular formula is C11H23NO. The Morgan fingerprint density at radius 1 is 1.15 bits per heavy atom. The highest BCUT2D eigenvalue weighted by Crippen LogP contribution is 2.21. The quantitative estimate of drug-likeness (QED) is 0.646. The van der Waals surface area contributed by atoms with E-state index in [0.717, 1.165) is 25.7 Å². The summed E-state index contributed by atoms with van der Waals surface area (Å²) in [6.45, 7) is 7.20. The van der Waals surface area contributed by atoms with Crippen molar-refractivity contribution >= 4 is 5.78 Å². The van der Waals surface area contributed by atoms with E-state index in [-0.39, 0.29) is 5.41 Å². The first-order valence-electron chi connectivity index (χ1n) is 5.17. The fourth-order valence-corrected chi connectivity index (χ4v) is 1.11. The van der Waals surface area contributed by atoms with Crippen LogP contribution >= 0.6 is 0 Å². The SMILES string of the molecule is CC(C)(C)CCC(=O)CCCCN. The molecule has 2 nitrogen and oxygen atoms in total. The van der Waals surface area contributed by atoms with E-state index < -0.39 is 0 Å². The van der Waals surface area contributed by atoms with Gasteiger partial charge in [0.2, 0.25) is 0 Å². The van der Waals surface area contributed by atoms with E-state index in [9.17, 15) is 4.79 Å². The molecule has 0 amide bonds. The molecule has 13 heavy (non-hydrogen) atoms. The Balaban J connectivity index is 3.41. The number of ketones is 1. The molecule has 0 aromatic rings. The molecule has 0 rings (SSSR count). The molecule has 0 aromatic heterocycles. The lowest BCUT2D eigenvalue weighted by atomic mass is 9.89. The molecule has 0 saturated heterocycles. The predicted octanol–water partition coefficient (Wildman–Crippen LogP) is 2.51. The van der Waals surface area contributed by atoms with Gasteiger partial charge >= 0.3 is 0 Å². The Morgan fingerprint density at radius 3 is 2.23 bits per heavy atom. The van der Waals surface area contributed by atoms with Crippen LogP contribution in [0.3, 0.4) is 0 Å². The topological polar surface area (TPSA) is 43.1 Å². The molecule has 78 valence electrons. The molecule has 0 saturated carbocycles. The van der Waals surface area contributed by atoms with Crippen molar-refractivity contribution in [2.75, 3.05) is 6.54 Å². The normalized spacial score (nSPS) is 11.7. The Hall–Kier alpha value is -0.370. The average molecular weight is 185 g/mol. The molecule has 0 aliphatic heterocycles. The van der Waals surface area contributed by atoms with Crippen molar-refractivity contribution in [1.82, 2.24) is 0 Å². The van der Waals surface area contributed by atoms with Crippen LogP contribution in [0, 0.1) is 5.41 Å². The van der Waals surface area contributed by atoms with Crippen molar-refractivity contribution in [2.24, 2.45) is 11.1 Å². The third-order valence-corrected chi connectivity index (χ3v) is 2.06. The highest BCUT2D eigenvalue weighted by Gasteiger charge is 2.12. The fraction of sp³-hybridized carbons (Fsp3) is 0.909. The summed E-state index contributed by atoms with van der Waals surface area (Å²) in [7, 11) is 0. The van der Waals surface area contributed by atoms with Gasteiger partial charge in [0, 0.05) is 12.8 Å². The number of rotatable bonds is 6. The monoisotopic (exact) mass is 185 g/mol. The molecule has 0 heterocycles. The van der Waals surface area contributed by atoms with Gasteiger partial charge in [-0.3, -0.25) is 4.79 Å². The van der Waals surface area contributed by atoms with E-state index in [2.05, 4.69) is 20.8 Å². The predicted molar refractivity (Wildman–Crippen MR) is 56.6 cm³/mol. The Bertz CT molecular complexity index is 147. The minimum atomic E-state index is 0.281. The molecule has 0 radical (unpaired) electrons. The molecule has 0 bridgehead atoms. The highest BCUT2D eigenvalue weighted by molar-refractivity contribution is 5.78. The van der Waals surface area contributed by atoms with Gasteiger partial charge in [-0.05, 0) is 31.2 Å². The number of nitrogens with two attached hydrogens (primary N) is 1. The molecule has 0 aliphatic rings. The first-order chi connectivity index (χ1) is 5.95. The summed E-state index contributed by atoms with van der Waals surface area (Å²) in [6.07, 6.45) is 4.37. The summed E-state index contributed by atoms with van der Waals surface area (Å²) < 4.78 is 0. The van der Waals surface area contributed by atoms with Crippen molar-refractivity contribution < 1.29 is 4.79 Å². The molecular weight excluding hydrogens is 162 g/mol. The Labute approximate surface area is 81.9 Å². The number of hydrogen-bond donors (Lipinski definition) is 1. The summed E-state index contributed by atoms with van der Waals surface area (Å²) in [5, 5.41) is 0. The van der Waals surface area contributed by atoms with E-state index in [1.807, 2.05) is 0 Å². The van der Waals surface area contributed by atoms with E-state index in [1.165, 1.54) is 0 Å². The lowest BCUT2D eigenvalue weighted by Gasteiger charge is -2.16. The van der Waals surface area contributed by atoms with Gasteiger partial charge in [0.25, 0.3) is 0 Å². The van der Waals surface area contributed by atoms with Crippen LogP contribution < -0.4 is 5.73 Å². The van der Waals surface area contributed by atoms with Gasteiger partial charge in [-0.15, -0.1) is 0 Å². The highest BCUT2D eigenvalue weighted by atomic mass is 16.1. The molecule has 2 N–H and O–H groups in total. The van der Waals surface area contributed by atoms with Crippen LogP contribution in [0.2, 0.25) is 0 Å². The fourth-order valence-electron chi connectivity index (χ4n) is 1.11. The average Bonchev–Trinajstić information content (AvgIpc) is 2.00. The second-order valence-corrected chi connectivity index (χ2v) is 4.85. The summed E-state index contributed by atoms with van der Waals surface area (Å²) in [5.41, 5.74) is 5.63. The molecule has 0 aliphatic carbocycles. The van der Waals surface area contributed by atoms with E-state index in [0.29, 0.717) is 18.7 Å². The largest absolute Gasteiger partial charge is 0.330 e. The second kappa shape index (κ2) is 6.14. The third kappa shape index (κ3) is 9.54. The van der Waals surface area contributed by atoms with Gasteiger partial charge in [0.15, 0.2) is 0 Å². The van der Waals surface area contributed by atoms with Crippen molar-refractivity contribution in [2.45, 2.75) is 52.9 Å². The van der Waals surface area contributed by atoms with E-state index in [1.54, 1.807) is 0 Å². The van der Waals surface area contributed by atoms with Gasteiger partial charge in [-0.25, -0.2) is 0 Å². The standard InChI is InChI=1S/C11H23NO/c1-11(2,3)8-7-10(13)6-4-5-9-12/h4-9,12H2,1-3H3. The van der Waals surface area contributed by atoms with Gasteiger partial charge in [0.1, 0.15) is 5.78 Å². The third-order valence-electron chi connectivity index (χ3n) is 2.06. The molecule has 0 spiro atoms. The minimum absolute atomic E-state index is 0.281. The zero-order chi connectivity index (χ0) is 10.3. The second-order valence-electron chi connectivity index (χ2n) is 4.85. The van der Waals surface area contributed by atoms with E-state index in [4.69, 9.17) is 5.73 Å². The van der Waals surface area contributed by atoms with E-state index >= 15 is 0 Å². The maximum absolute atomic E-state index is 11.3. The minimum Gasteiger partial charge on any atom is -0.330 e. The number of carbonyl (C=O) groups excluding carboxylic acids is 1. The molecule has 0 atom stereocenters. The van der Waals surface area contributed by atoms with Crippen molar-refractivity contribution in [3.05, 3.63) is 0 Å². The Morgan fingerprint density at radius 2 is 1.77 bits per heavy atom. The molecule has 0 fully saturated rings. The first-order valence-corrected chi connectivity index (χ1v) is 5.17. The van der Waals surface area contributed by atoms with Crippen molar-refractivity contribution in [1.29, 1.82) is 0 Å². The summed E-state index contributed by atoms with van der Waals surface area (Å²) in [5.74, 6) is 0.392. The summed E-state index contributed by atoms with van der Waals surface area (Å²) in [6, 6.07) is 0. The summed E-state index contributed by atoms with van der Waals surface area (Å²) in [4.78, 5) is 11.3. The lowest BCUT2D eigenvalue weighted by molar-refractivity contribution is -0.119. The van der Waals surface area contributed by atoms with Crippen molar-refractivity contribution in [3.8, 4) is 0 Å². The van der Waals surface area contributed by atoms with Gasteiger partial charge in [0.05, 0.1) is 0 Å². The number of carbonyl (C=O) groups is 1. The van der Waals surface area contributed by atoms with Crippen LogP contribution in [-0.2, 0) is 4.79 Å². The van der Waals surface area contributed by atoms with Crippen LogP contribution in [0.1, 0.15) is 52.9 Å². The molecule has 0 aromatic carbocycles. The zero-order valence-corrected chi connectivity index (χ0v) is 9.23. The smallest absolute Gasteiger partial charge is 0.132 e. The summed E-state index contributed by atoms with van der Waals surface area (Å²) >= 11 is 0. The molecule has 0 unspecified atom stereocenters. The number of Topliss-reactive ketones (excluding diaryl/α,β-unsaturated/α-hetero) is 1. The van der Waals surface area contributed by atoms with Gasteiger partial charge < -0.3 is 5.73 Å². The van der Waals surface area contributed by atoms with Gasteiger partial charge in [-0.2, -0.15) is 0 Å².